The summed E-state index contributed by atoms with van der Waals surface area (Å²) < 4.78 is 1.11. The summed E-state index contributed by atoms with van der Waals surface area (Å²) in [6.07, 6.45) is 0. The zero-order valence-electron chi connectivity index (χ0n) is 8.16. The lowest BCUT2D eigenvalue weighted by molar-refractivity contribution is 1.11. The van der Waals surface area contributed by atoms with Crippen LogP contribution in [-0.2, 0) is 0 Å². The number of fused-ring (bicyclic) bond motifs is 1. The van der Waals surface area contributed by atoms with Crippen molar-refractivity contribution in [3.05, 3.63) is 11.4 Å². The number of nitrogens with zero attached hydrogens (tertiary/aromatic N) is 2. The second-order valence-electron chi connectivity index (χ2n) is 2.81. The summed E-state index contributed by atoms with van der Waals surface area (Å²) in [6, 6.07) is 2.00. The lowest BCUT2D eigenvalue weighted by Gasteiger charge is -2.05. The van der Waals surface area contributed by atoms with Gasteiger partial charge in [-0.05, 0) is 18.4 Å². The molecular formula is C9H12N4S. The highest BCUT2D eigenvalue weighted by Gasteiger charge is 2.06. The van der Waals surface area contributed by atoms with Crippen LogP contribution >= 0.6 is 11.3 Å². The summed E-state index contributed by atoms with van der Waals surface area (Å²) in [4.78, 5) is 8.74. The Balaban J connectivity index is 2.55. The summed E-state index contributed by atoms with van der Waals surface area (Å²) in [5.74, 6) is 1.57. The maximum atomic E-state index is 4.38. The molecule has 0 fully saturated rings. The van der Waals surface area contributed by atoms with Gasteiger partial charge >= 0.3 is 0 Å². The Morgan fingerprint density at radius 1 is 1.43 bits per heavy atom. The number of nitrogens with one attached hydrogen (secondary N) is 2. The van der Waals surface area contributed by atoms with Crippen LogP contribution in [0.15, 0.2) is 11.4 Å². The largest absolute Gasteiger partial charge is 0.372 e. The second-order valence-corrected chi connectivity index (χ2v) is 3.73. The first kappa shape index (κ1) is 9.21. The van der Waals surface area contributed by atoms with E-state index in [-0.39, 0.29) is 0 Å². The molecule has 2 heterocycles. The number of hydrogen-bond acceptors (Lipinski definition) is 5. The van der Waals surface area contributed by atoms with Crippen molar-refractivity contribution in [2.24, 2.45) is 0 Å². The van der Waals surface area contributed by atoms with E-state index < -0.39 is 0 Å². The molecule has 0 aliphatic carbocycles. The van der Waals surface area contributed by atoms with E-state index in [0.717, 1.165) is 22.6 Å². The van der Waals surface area contributed by atoms with Crippen LogP contribution in [0.4, 0.5) is 11.8 Å². The highest BCUT2D eigenvalue weighted by molar-refractivity contribution is 7.17. The van der Waals surface area contributed by atoms with Gasteiger partial charge in [-0.25, -0.2) is 4.98 Å². The molecule has 0 saturated carbocycles. The fourth-order valence-electron chi connectivity index (χ4n) is 1.27. The van der Waals surface area contributed by atoms with Crippen molar-refractivity contribution in [3.63, 3.8) is 0 Å². The zero-order chi connectivity index (χ0) is 9.97. The predicted octanol–water partition coefficient (Wildman–Crippen LogP) is 2.16. The maximum Gasteiger partial charge on any atom is 0.225 e. The minimum atomic E-state index is 0.683. The van der Waals surface area contributed by atoms with Gasteiger partial charge in [0.2, 0.25) is 5.95 Å². The average molecular weight is 208 g/mol. The van der Waals surface area contributed by atoms with Crippen LogP contribution in [0, 0.1) is 0 Å². The van der Waals surface area contributed by atoms with Crippen molar-refractivity contribution in [1.29, 1.82) is 0 Å². The second kappa shape index (κ2) is 3.79. The molecule has 0 aliphatic rings. The normalized spacial score (nSPS) is 10.4. The zero-order valence-corrected chi connectivity index (χ0v) is 8.98. The van der Waals surface area contributed by atoms with Gasteiger partial charge in [0.15, 0.2) is 0 Å². The van der Waals surface area contributed by atoms with Crippen LogP contribution in [0.5, 0.6) is 0 Å². The van der Waals surface area contributed by atoms with Gasteiger partial charge in [-0.2, -0.15) is 4.98 Å². The molecule has 0 atom stereocenters. The molecule has 14 heavy (non-hydrogen) atoms. The highest BCUT2D eigenvalue weighted by atomic mass is 32.1. The van der Waals surface area contributed by atoms with E-state index in [0.29, 0.717) is 5.95 Å². The van der Waals surface area contributed by atoms with E-state index in [1.165, 1.54) is 0 Å². The number of anilines is 2. The summed E-state index contributed by atoms with van der Waals surface area (Å²) in [5, 5.41) is 8.20. The summed E-state index contributed by atoms with van der Waals surface area (Å²) in [5.41, 5.74) is 0.991. The van der Waals surface area contributed by atoms with E-state index in [9.17, 15) is 0 Å². The molecule has 2 aromatic rings. The topological polar surface area (TPSA) is 49.8 Å². The van der Waals surface area contributed by atoms with E-state index in [4.69, 9.17) is 0 Å². The third-order valence-corrected chi connectivity index (χ3v) is 2.79. The van der Waals surface area contributed by atoms with Crippen LogP contribution in [0.1, 0.15) is 6.92 Å². The maximum absolute atomic E-state index is 4.38. The Bertz CT molecular complexity index is 437. The lowest BCUT2D eigenvalue weighted by Crippen LogP contribution is -2.04. The van der Waals surface area contributed by atoms with Crippen molar-refractivity contribution in [3.8, 4) is 0 Å². The minimum Gasteiger partial charge on any atom is -0.372 e. The van der Waals surface area contributed by atoms with Gasteiger partial charge in [0.05, 0.1) is 10.2 Å². The standard InChI is InChI=1S/C9H12N4S/c1-3-11-9-12-6-4-5-14-7(6)8(10-2)13-9/h4-5H,3H2,1-2H3,(H2,10,11,12,13). The molecule has 2 aromatic heterocycles. The molecule has 0 saturated heterocycles. The number of rotatable bonds is 3. The molecule has 0 bridgehead atoms. The van der Waals surface area contributed by atoms with Gasteiger partial charge in [-0.15, -0.1) is 11.3 Å². The highest BCUT2D eigenvalue weighted by Crippen LogP contribution is 2.26. The van der Waals surface area contributed by atoms with Gasteiger partial charge in [0.1, 0.15) is 5.82 Å². The summed E-state index contributed by atoms with van der Waals surface area (Å²) in [7, 11) is 1.87. The number of hydrogen-bond donors (Lipinski definition) is 2. The van der Waals surface area contributed by atoms with Gasteiger partial charge in [-0.1, -0.05) is 0 Å². The van der Waals surface area contributed by atoms with Gasteiger partial charge in [0.25, 0.3) is 0 Å². The quantitative estimate of drug-likeness (QED) is 0.811. The van der Waals surface area contributed by atoms with E-state index in [1.807, 2.05) is 25.4 Å². The summed E-state index contributed by atoms with van der Waals surface area (Å²) in [6.45, 7) is 2.86. The molecule has 0 spiro atoms. The Morgan fingerprint density at radius 3 is 3.00 bits per heavy atom. The van der Waals surface area contributed by atoms with Gasteiger partial charge in [0, 0.05) is 13.6 Å². The number of thiophene rings is 1. The Kier molecular flexibility index (Phi) is 2.49. The van der Waals surface area contributed by atoms with Crippen molar-refractivity contribution >= 4 is 33.3 Å². The molecule has 0 aliphatic heterocycles. The van der Waals surface area contributed by atoms with Crippen molar-refractivity contribution in [2.45, 2.75) is 6.92 Å². The monoisotopic (exact) mass is 208 g/mol. The third-order valence-electron chi connectivity index (χ3n) is 1.88. The first-order valence-corrected chi connectivity index (χ1v) is 5.40. The van der Waals surface area contributed by atoms with E-state index >= 15 is 0 Å². The molecule has 5 heteroatoms. The summed E-state index contributed by atoms with van der Waals surface area (Å²) >= 11 is 1.65. The van der Waals surface area contributed by atoms with Crippen LogP contribution < -0.4 is 10.6 Å². The van der Waals surface area contributed by atoms with E-state index in [2.05, 4.69) is 20.6 Å². The van der Waals surface area contributed by atoms with Crippen LogP contribution in [0.25, 0.3) is 10.2 Å². The molecule has 4 nitrogen and oxygen atoms in total. The predicted molar refractivity (Wildman–Crippen MR) is 61.1 cm³/mol. The fraction of sp³-hybridized carbons (Fsp3) is 0.333. The van der Waals surface area contributed by atoms with Crippen molar-refractivity contribution in [2.75, 3.05) is 24.2 Å². The Morgan fingerprint density at radius 2 is 2.29 bits per heavy atom. The Hall–Kier alpha value is -1.36. The lowest BCUT2D eigenvalue weighted by atomic mass is 10.4. The molecule has 74 valence electrons. The first-order valence-electron chi connectivity index (χ1n) is 4.52. The molecule has 0 unspecified atom stereocenters. The SMILES string of the molecule is CCNc1nc(NC)c2sccc2n1. The number of aromatic nitrogens is 2. The fourth-order valence-corrected chi connectivity index (χ4v) is 2.10. The van der Waals surface area contributed by atoms with E-state index in [1.54, 1.807) is 11.3 Å². The molecule has 0 amide bonds. The van der Waals surface area contributed by atoms with Crippen molar-refractivity contribution in [1.82, 2.24) is 9.97 Å². The molecular weight excluding hydrogens is 196 g/mol. The third kappa shape index (κ3) is 1.50. The van der Waals surface area contributed by atoms with Crippen molar-refractivity contribution < 1.29 is 0 Å². The van der Waals surface area contributed by atoms with Gasteiger partial charge < -0.3 is 10.6 Å². The minimum absolute atomic E-state index is 0.683. The van der Waals surface area contributed by atoms with Crippen LogP contribution in [0.3, 0.4) is 0 Å². The first-order chi connectivity index (χ1) is 6.85. The Labute approximate surface area is 86.4 Å². The molecule has 0 radical (unpaired) electrons. The average Bonchev–Trinajstić information content (AvgIpc) is 2.65. The van der Waals surface area contributed by atoms with Crippen LogP contribution in [0.2, 0.25) is 0 Å². The molecule has 0 aromatic carbocycles. The smallest absolute Gasteiger partial charge is 0.225 e. The van der Waals surface area contributed by atoms with Crippen LogP contribution in [-0.4, -0.2) is 23.6 Å². The molecule has 2 rings (SSSR count). The van der Waals surface area contributed by atoms with Gasteiger partial charge in [-0.3, -0.25) is 0 Å². The molecule has 2 N–H and O–H groups in total.